The molecule has 3 heterocycles. The van der Waals surface area contributed by atoms with Crippen molar-refractivity contribution in [3.8, 4) is 0 Å². The van der Waals surface area contributed by atoms with E-state index in [9.17, 15) is 4.79 Å². The molecule has 0 bridgehead atoms. The van der Waals surface area contributed by atoms with Gasteiger partial charge in [0, 0.05) is 37.9 Å². The van der Waals surface area contributed by atoms with E-state index in [0.717, 1.165) is 52.9 Å². The number of pyridine rings is 1. The fraction of sp³-hybridized carbons (Fsp3) is 0.579. The van der Waals surface area contributed by atoms with Crippen LogP contribution < -0.4 is 15.5 Å². The van der Waals surface area contributed by atoms with E-state index in [-0.39, 0.29) is 5.91 Å². The van der Waals surface area contributed by atoms with Crippen LogP contribution in [0.4, 0.5) is 11.4 Å². The van der Waals surface area contributed by atoms with Crippen molar-refractivity contribution in [2.24, 2.45) is 5.92 Å². The van der Waals surface area contributed by atoms with Gasteiger partial charge >= 0.3 is 0 Å². The minimum absolute atomic E-state index is 0.100. The largest absolute Gasteiger partial charge is 0.368 e. The maximum absolute atomic E-state index is 12.3. The summed E-state index contributed by atoms with van der Waals surface area (Å²) in [4.78, 5) is 22.5. The second-order valence-electron chi connectivity index (χ2n) is 7.42. The van der Waals surface area contributed by atoms with Crippen molar-refractivity contribution in [2.45, 2.75) is 45.1 Å². The maximum Gasteiger partial charge on any atom is 0.224 e. The lowest BCUT2D eigenvalue weighted by atomic mass is 10.0. The highest BCUT2D eigenvalue weighted by Crippen LogP contribution is 2.39. The Morgan fingerprint density at radius 3 is 3.04 bits per heavy atom. The number of aromatic amines is 1. The van der Waals surface area contributed by atoms with Crippen LogP contribution in [0.15, 0.2) is 16.9 Å². The molecule has 0 unspecified atom stereocenters. The third-order valence-corrected chi connectivity index (χ3v) is 5.89. The Kier molecular flexibility index (Phi) is 5.18. The lowest BCUT2D eigenvalue weighted by Crippen LogP contribution is -2.45. The van der Waals surface area contributed by atoms with Crippen LogP contribution in [0.2, 0.25) is 0 Å². The molecule has 140 valence electrons. The van der Waals surface area contributed by atoms with Crippen LogP contribution in [0.25, 0.3) is 11.0 Å². The molecule has 1 atom stereocenters. The summed E-state index contributed by atoms with van der Waals surface area (Å²) in [5, 5.41) is 7.68. The summed E-state index contributed by atoms with van der Waals surface area (Å²) in [6.45, 7) is 5.11. The molecule has 7 heteroatoms. The number of nitrogens with zero attached hydrogens (tertiary/aromatic N) is 2. The van der Waals surface area contributed by atoms with Gasteiger partial charge in [0.25, 0.3) is 0 Å². The molecule has 4 rings (SSSR count). The Balaban J connectivity index is 1.65. The number of hydrogen-bond acceptors (Lipinski definition) is 4. The van der Waals surface area contributed by atoms with E-state index in [1.54, 1.807) is 0 Å². The van der Waals surface area contributed by atoms with E-state index in [4.69, 9.17) is 0 Å². The van der Waals surface area contributed by atoms with Gasteiger partial charge in [0.1, 0.15) is 5.65 Å². The number of carbonyl (C=O) groups excluding carboxylic acids is 1. The molecule has 0 radical (unpaired) electrons. The monoisotopic (exact) mass is 419 g/mol. The molecule has 1 amide bonds. The molecular weight excluding hydrogens is 394 g/mol. The number of rotatable bonds is 6. The first-order valence-corrected chi connectivity index (χ1v) is 10.4. The number of halogens is 1. The number of carbonyl (C=O) groups is 1. The van der Waals surface area contributed by atoms with Gasteiger partial charge in [0.05, 0.1) is 21.2 Å². The van der Waals surface area contributed by atoms with Gasteiger partial charge in [0.15, 0.2) is 0 Å². The van der Waals surface area contributed by atoms with Gasteiger partial charge in [-0.3, -0.25) is 4.79 Å². The molecule has 0 aromatic carbocycles. The fourth-order valence-corrected chi connectivity index (χ4v) is 4.44. The molecule has 2 aromatic heterocycles. The molecule has 2 aliphatic rings. The quantitative estimate of drug-likeness (QED) is 0.667. The van der Waals surface area contributed by atoms with Crippen molar-refractivity contribution < 1.29 is 4.79 Å². The van der Waals surface area contributed by atoms with Crippen LogP contribution in [-0.4, -0.2) is 41.6 Å². The standard InChI is InChI=1S/C19H26BrN5O/c1-2-21-13-4-3-7-25(11-13)18-14(20)9-22-19-17(18)15(10-23-19)24-16(26)8-12-5-6-12/h9-10,12-13,21H,2-8,11H2,1H3,(H,22,23)(H,24,26)/t13-/m1/s1. The molecule has 1 aliphatic carbocycles. The topological polar surface area (TPSA) is 73.1 Å². The Morgan fingerprint density at radius 2 is 2.27 bits per heavy atom. The van der Waals surface area contributed by atoms with Gasteiger partial charge in [-0.25, -0.2) is 4.98 Å². The summed E-state index contributed by atoms with van der Waals surface area (Å²) in [5.74, 6) is 0.677. The van der Waals surface area contributed by atoms with Crippen LogP contribution in [-0.2, 0) is 4.79 Å². The van der Waals surface area contributed by atoms with Gasteiger partial charge < -0.3 is 20.5 Å². The number of aromatic nitrogens is 2. The predicted molar refractivity (Wildman–Crippen MR) is 109 cm³/mol. The first-order chi connectivity index (χ1) is 12.7. The zero-order valence-corrected chi connectivity index (χ0v) is 16.7. The lowest BCUT2D eigenvalue weighted by molar-refractivity contribution is -0.116. The van der Waals surface area contributed by atoms with Crippen molar-refractivity contribution in [1.82, 2.24) is 15.3 Å². The van der Waals surface area contributed by atoms with Crippen molar-refractivity contribution in [3.63, 3.8) is 0 Å². The lowest BCUT2D eigenvalue weighted by Gasteiger charge is -2.35. The van der Waals surface area contributed by atoms with Crippen molar-refractivity contribution in [3.05, 3.63) is 16.9 Å². The molecule has 0 spiro atoms. The van der Waals surface area contributed by atoms with E-state index >= 15 is 0 Å². The van der Waals surface area contributed by atoms with Gasteiger partial charge in [-0.15, -0.1) is 0 Å². The second-order valence-corrected chi connectivity index (χ2v) is 8.27. The molecule has 2 aromatic rings. The van der Waals surface area contributed by atoms with E-state index < -0.39 is 0 Å². The average Bonchev–Trinajstić information content (AvgIpc) is 3.35. The number of anilines is 2. The van der Waals surface area contributed by atoms with Crippen LogP contribution in [0.1, 0.15) is 39.0 Å². The van der Waals surface area contributed by atoms with Gasteiger partial charge in [-0.1, -0.05) is 6.92 Å². The summed E-state index contributed by atoms with van der Waals surface area (Å²) < 4.78 is 0.972. The Morgan fingerprint density at radius 1 is 1.42 bits per heavy atom. The number of likely N-dealkylation sites (N-methyl/N-ethyl adjacent to an activating group) is 1. The third-order valence-electron chi connectivity index (χ3n) is 5.30. The molecule has 3 N–H and O–H groups in total. The first kappa shape index (κ1) is 17.8. The second kappa shape index (κ2) is 7.56. The maximum atomic E-state index is 12.3. The molecule has 1 saturated heterocycles. The normalized spacial score (nSPS) is 20.5. The highest BCUT2D eigenvalue weighted by atomic mass is 79.9. The highest BCUT2D eigenvalue weighted by Gasteiger charge is 2.27. The summed E-state index contributed by atoms with van der Waals surface area (Å²) >= 11 is 3.70. The highest BCUT2D eigenvalue weighted by molar-refractivity contribution is 9.10. The number of piperidine rings is 1. The summed E-state index contributed by atoms with van der Waals surface area (Å²) in [6, 6.07) is 0.496. The van der Waals surface area contributed by atoms with Crippen molar-refractivity contribution >= 4 is 44.2 Å². The zero-order valence-electron chi connectivity index (χ0n) is 15.1. The number of nitrogens with one attached hydrogen (secondary N) is 3. The van der Waals surface area contributed by atoms with E-state index in [0.29, 0.717) is 18.4 Å². The Hall–Kier alpha value is -1.60. The predicted octanol–water partition coefficient (Wildman–Crippen LogP) is 3.64. The van der Waals surface area contributed by atoms with E-state index in [1.807, 2.05) is 12.4 Å². The number of amides is 1. The third kappa shape index (κ3) is 3.74. The average molecular weight is 420 g/mol. The van der Waals surface area contributed by atoms with Crippen molar-refractivity contribution in [1.29, 1.82) is 0 Å². The molecular formula is C19H26BrN5O. The van der Waals surface area contributed by atoms with Crippen LogP contribution >= 0.6 is 15.9 Å². The Bertz CT molecular complexity index is 799. The van der Waals surface area contributed by atoms with Gasteiger partial charge in [-0.05, 0) is 54.1 Å². The Labute approximate surface area is 162 Å². The van der Waals surface area contributed by atoms with Crippen LogP contribution in [0, 0.1) is 5.92 Å². The van der Waals surface area contributed by atoms with Crippen LogP contribution in [0.3, 0.4) is 0 Å². The number of hydrogen-bond donors (Lipinski definition) is 3. The summed E-state index contributed by atoms with van der Waals surface area (Å²) in [5.41, 5.74) is 2.77. The number of fused-ring (bicyclic) bond motifs is 1. The van der Waals surface area contributed by atoms with E-state index in [1.165, 1.54) is 19.3 Å². The zero-order chi connectivity index (χ0) is 18.1. The smallest absolute Gasteiger partial charge is 0.224 e. The summed E-state index contributed by atoms with van der Waals surface area (Å²) in [7, 11) is 0. The summed E-state index contributed by atoms with van der Waals surface area (Å²) in [6.07, 6.45) is 9.05. The van der Waals surface area contributed by atoms with E-state index in [2.05, 4.69) is 48.4 Å². The van der Waals surface area contributed by atoms with Gasteiger partial charge in [0.2, 0.25) is 5.91 Å². The molecule has 2 fully saturated rings. The minimum Gasteiger partial charge on any atom is -0.368 e. The molecule has 1 saturated carbocycles. The molecule has 26 heavy (non-hydrogen) atoms. The van der Waals surface area contributed by atoms with Gasteiger partial charge in [-0.2, -0.15) is 0 Å². The number of H-pyrrole nitrogens is 1. The fourth-order valence-electron chi connectivity index (χ4n) is 3.88. The van der Waals surface area contributed by atoms with Crippen molar-refractivity contribution in [2.75, 3.05) is 29.9 Å². The molecule has 1 aliphatic heterocycles. The minimum atomic E-state index is 0.100. The molecule has 6 nitrogen and oxygen atoms in total. The SMILES string of the molecule is CCN[C@@H]1CCCN(c2c(Br)cnc3[nH]cc(NC(=O)CC4CC4)c23)C1. The van der Waals surface area contributed by atoms with Crippen LogP contribution in [0.5, 0.6) is 0 Å². The first-order valence-electron chi connectivity index (χ1n) is 9.59.